The van der Waals surface area contributed by atoms with Gasteiger partial charge in [0.1, 0.15) is 12.4 Å². The first-order chi connectivity index (χ1) is 10.3. The summed E-state index contributed by atoms with van der Waals surface area (Å²) in [4.78, 5) is 12.1. The van der Waals surface area contributed by atoms with Gasteiger partial charge in [-0.2, -0.15) is 0 Å². The van der Waals surface area contributed by atoms with Crippen molar-refractivity contribution in [1.82, 2.24) is 0 Å². The van der Waals surface area contributed by atoms with Gasteiger partial charge in [-0.3, -0.25) is 0 Å². The van der Waals surface area contributed by atoms with Crippen LogP contribution < -0.4 is 4.74 Å². The highest BCUT2D eigenvalue weighted by Gasteiger charge is 2.14. The lowest BCUT2D eigenvalue weighted by molar-refractivity contribution is 0.0527. The smallest absolute Gasteiger partial charge is 0.338 e. The van der Waals surface area contributed by atoms with E-state index < -0.39 is 0 Å². The Kier molecular flexibility index (Phi) is 5.16. The maximum Gasteiger partial charge on any atom is 0.338 e. The zero-order chi connectivity index (χ0) is 15.1. The second kappa shape index (κ2) is 7.29. The van der Waals surface area contributed by atoms with Crippen LogP contribution in [0.15, 0.2) is 61.2 Å². The van der Waals surface area contributed by atoms with E-state index in [1.807, 2.05) is 36.4 Å². The van der Waals surface area contributed by atoms with Gasteiger partial charge in [0.15, 0.2) is 0 Å². The molecule has 0 N–H and O–H groups in total. The molecule has 2 rings (SSSR count). The number of ether oxygens (including phenoxy) is 2. The first-order valence-corrected chi connectivity index (χ1v) is 6.86. The number of hydrogen-bond donors (Lipinski definition) is 0. The van der Waals surface area contributed by atoms with Crippen molar-refractivity contribution < 1.29 is 14.3 Å². The zero-order valence-corrected chi connectivity index (χ0v) is 12.0. The molecule has 2 aromatic rings. The Morgan fingerprint density at radius 3 is 2.62 bits per heavy atom. The molecule has 3 nitrogen and oxygen atoms in total. The molecule has 0 heterocycles. The minimum Gasteiger partial charge on any atom is -0.490 e. The summed E-state index contributed by atoms with van der Waals surface area (Å²) in [6, 6.07) is 15.1. The second-order valence-corrected chi connectivity index (χ2v) is 4.39. The molecule has 0 saturated heterocycles. The number of hydrogen-bond acceptors (Lipinski definition) is 3. The van der Waals surface area contributed by atoms with Gasteiger partial charge in [-0.25, -0.2) is 4.79 Å². The standard InChI is InChI=1S/C18H18O3/c1-3-12-21-15-10-11-16(18(19)20-4-2)17(13-15)14-8-6-5-7-9-14/h3,5-11,13H,1,4,12H2,2H3. The average Bonchev–Trinajstić information content (AvgIpc) is 2.53. The molecule has 0 spiro atoms. The van der Waals surface area contributed by atoms with E-state index in [0.29, 0.717) is 24.5 Å². The van der Waals surface area contributed by atoms with Gasteiger partial charge in [0.2, 0.25) is 0 Å². The van der Waals surface area contributed by atoms with Crippen molar-refractivity contribution in [2.45, 2.75) is 6.92 Å². The van der Waals surface area contributed by atoms with Crippen molar-refractivity contribution in [3.8, 4) is 16.9 Å². The van der Waals surface area contributed by atoms with Gasteiger partial charge in [0.25, 0.3) is 0 Å². The molecule has 0 radical (unpaired) electrons. The Hall–Kier alpha value is -2.55. The van der Waals surface area contributed by atoms with Crippen LogP contribution in [-0.2, 0) is 4.74 Å². The summed E-state index contributed by atoms with van der Waals surface area (Å²) in [6.45, 7) is 6.19. The molecule has 0 bridgehead atoms. The van der Waals surface area contributed by atoms with E-state index >= 15 is 0 Å². The quantitative estimate of drug-likeness (QED) is 0.591. The minimum absolute atomic E-state index is 0.327. The molecular weight excluding hydrogens is 264 g/mol. The Labute approximate surface area is 124 Å². The van der Waals surface area contributed by atoms with Crippen LogP contribution in [0.2, 0.25) is 0 Å². The van der Waals surface area contributed by atoms with Crippen LogP contribution >= 0.6 is 0 Å². The highest BCUT2D eigenvalue weighted by molar-refractivity contribution is 5.97. The van der Waals surface area contributed by atoms with Crippen molar-refractivity contribution in [1.29, 1.82) is 0 Å². The number of carbonyl (C=O) groups is 1. The summed E-state index contributed by atoms with van der Waals surface area (Å²) in [6.07, 6.45) is 1.68. The fourth-order valence-electron chi connectivity index (χ4n) is 2.01. The number of benzene rings is 2. The highest BCUT2D eigenvalue weighted by atomic mass is 16.5. The molecule has 0 atom stereocenters. The van der Waals surface area contributed by atoms with Gasteiger partial charge in [-0.05, 0) is 36.2 Å². The maximum absolute atomic E-state index is 12.1. The van der Waals surface area contributed by atoms with Crippen LogP contribution in [0.5, 0.6) is 5.75 Å². The van der Waals surface area contributed by atoms with Gasteiger partial charge in [0.05, 0.1) is 12.2 Å². The van der Waals surface area contributed by atoms with Crippen molar-refractivity contribution in [3.63, 3.8) is 0 Å². The van der Waals surface area contributed by atoms with Crippen LogP contribution in [0.1, 0.15) is 17.3 Å². The molecule has 0 amide bonds. The third kappa shape index (κ3) is 3.72. The van der Waals surface area contributed by atoms with E-state index in [1.54, 1.807) is 25.1 Å². The van der Waals surface area contributed by atoms with Gasteiger partial charge in [-0.15, -0.1) is 0 Å². The van der Waals surface area contributed by atoms with Crippen molar-refractivity contribution in [2.24, 2.45) is 0 Å². The van der Waals surface area contributed by atoms with Crippen molar-refractivity contribution in [3.05, 3.63) is 66.7 Å². The fraction of sp³-hybridized carbons (Fsp3) is 0.167. The van der Waals surface area contributed by atoms with Gasteiger partial charge >= 0.3 is 5.97 Å². The Morgan fingerprint density at radius 1 is 1.19 bits per heavy atom. The summed E-state index contributed by atoms with van der Waals surface area (Å²) in [7, 11) is 0. The summed E-state index contributed by atoms with van der Waals surface area (Å²) < 4.78 is 10.7. The lowest BCUT2D eigenvalue weighted by Crippen LogP contribution is -2.07. The molecule has 21 heavy (non-hydrogen) atoms. The first kappa shape index (κ1) is 14.9. The Balaban J connectivity index is 2.45. The summed E-state index contributed by atoms with van der Waals surface area (Å²) >= 11 is 0. The van der Waals surface area contributed by atoms with Crippen LogP contribution in [-0.4, -0.2) is 19.2 Å². The number of rotatable bonds is 6. The lowest BCUT2D eigenvalue weighted by atomic mass is 9.99. The molecule has 0 aliphatic rings. The van der Waals surface area contributed by atoms with Gasteiger partial charge < -0.3 is 9.47 Å². The molecular formula is C18H18O3. The first-order valence-electron chi connectivity index (χ1n) is 6.86. The van der Waals surface area contributed by atoms with Crippen molar-refractivity contribution >= 4 is 5.97 Å². The average molecular weight is 282 g/mol. The monoisotopic (exact) mass is 282 g/mol. The normalized spacial score (nSPS) is 9.95. The maximum atomic E-state index is 12.1. The molecule has 0 aliphatic heterocycles. The summed E-state index contributed by atoms with van der Waals surface area (Å²) in [5, 5.41) is 0. The summed E-state index contributed by atoms with van der Waals surface area (Å²) in [5.41, 5.74) is 2.29. The van der Waals surface area contributed by atoms with Crippen molar-refractivity contribution in [2.75, 3.05) is 13.2 Å². The van der Waals surface area contributed by atoms with E-state index in [2.05, 4.69) is 6.58 Å². The van der Waals surface area contributed by atoms with Crippen LogP contribution in [0, 0.1) is 0 Å². The Morgan fingerprint density at radius 2 is 1.95 bits per heavy atom. The minimum atomic E-state index is -0.327. The zero-order valence-electron chi connectivity index (χ0n) is 12.0. The van der Waals surface area contributed by atoms with E-state index in [9.17, 15) is 4.79 Å². The molecule has 0 aliphatic carbocycles. The van der Waals surface area contributed by atoms with E-state index in [1.165, 1.54) is 0 Å². The number of esters is 1. The topological polar surface area (TPSA) is 35.5 Å². The molecule has 0 saturated carbocycles. The van der Waals surface area contributed by atoms with E-state index in [-0.39, 0.29) is 5.97 Å². The molecule has 2 aromatic carbocycles. The SMILES string of the molecule is C=CCOc1ccc(C(=O)OCC)c(-c2ccccc2)c1. The molecule has 0 aromatic heterocycles. The predicted octanol–water partition coefficient (Wildman–Crippen LogP) is 4.10. The third-order valence-electron chi connectivity index (χ3n) is 2.94. The largest absolute Gasteiger partial charge is 0.490 e. The fourth-order valence-corrected chi connectivity index (χ4v) is 2.01. The van der Waals surface area contributed by atoms with E-state index in [4.69, 9.17) is 9.47 Å². The lowest BCUT2D eigenvalue weighted by Gasteiger charge is -2.12. The molecule has 108 valence electrons. The number of carbonyl (C=O) groups excluding carboxylic acids is 1. The third-order valence-corrected chi connectivity index (χ3v) is 2.94. The highest BCUT2D eigenvalue weighted by Crippen LogP contribution is 2.28. The van der Waals surface area contributed by atoms with Crippen LogP contribution in [0.25, 0.3) is 11.1 Å². The second-order valence-electron chi connectivity index (χ2n) is 4.39. The predicted molar refractivity (Wildman–Crippen MR) is 83.5 cm³/mol. The Bertz CT molecular complexity index is 618. The molecule has 3 heteroatoms. The van der Waals surface area contributed by atoms with Crippen LogP contribution in [0.3, 0.4) is 0 Å². The van der Waals surface area contributed by atoms with Crippen LogP contribution in [0.4, 0.5) is 0 Å². The molecule has 0 unspecified atom stereocenters. The van der Waals surface area contributed by atoms with E-state index in [0.717, 1.165) is 11.1 Å². The summed E-state index contributed by atoms with van der Waals surface area (Å²) in [5.74, 6) is 0.369. The van der Waals surface area contributed by atoms with Gasteiger partial charge in [0, 0.05) is 0 Å². The van der Waals surface area contributed by atoms with Gasteiger partial charge in [-0.1, -0.05) is 43.0 Å². The molecule has 0 fully saturated rings.